The van der Waals surface area contributed by atoms with Crippen molar-refractivity contribution in [2.75, 3.05) is 0 Å². The van der Waals surface area contributed by atoms with Crippen molar-refractivity contribution >= 4 is 0 Å². The molecule has 102 valence electrons. The summed E-state index contributed by atoms with van der Waals surface area (Å²) in [4.78, 5) is 14.1. The minimum absolute atomic E-state index is 0.186. The molecule has 0 aliphatic carbocycles. The molecule has 1 aromatic heterocycles. The zero-order chi connectivity index (χ0) is 14.9. The van der Waals surface area contributed by atoms with Crippen LogP contribution in [0, 0.1) is 18.3 Å². The molecule has 2 rings (SSSR count). The lowest BCUT2D eigenvalue weighted by atomic mass is 9.99. The van der Waals surface area contributed by atoms with E-state index in [1.807, 2.05) is 0 Å². The van der Waals surface area contributed by atoms with Gasteiger partial charge in [-0.15, -0.1) is 0 Å². The van der Waals surface area contributed by atoms with Crippen LogP contribution in [0.5, 0.6) is 0 Å². The van der Waals surface area contributed by atoms with Crippen LogP contribution in [-0.2, 0) is 6.18 Å². The second-order valence-corrected chi connectivity index (χ2v) is 4.26. The molecule has 1 heterocycles. The van der Waals surface area contributed by atoms with E-state index >= 15 is 0 Å². The van der Waals surface area contributed by atoms with E-state index in [0.29, 0.717) is 5.69 Å². The Morgan fingerprint density at radius 3 is 2.55 bits per heavy atom. The van der Waals surface area contributed by atoms with Gasteiger partial charge in [0, 0.05) is 11.3 Å². The molecule has 0 aliphatic heterocycles. The van der Waals surface area contributed by atoms with Crippen LogP contribution in [0.15, 0.2) is 35.1 Å². The number of hydrogen-bond donors (Lipinski definition) is 1. The van der Waals surface area contributed by atoms with Crippen LogP contribution in [0.25, 0.3) is 11.1 Å². The van der Waals surface area contributed by atoms with E-state index in [1.165, 1.54) is 18.2 Å². The molecule has 1 aromatic carbocycles. The van der Waals surface area contributed by atoms with Crippen LogP contribution < -0.4 is 5.56 Å². The molecule has 6 heteroatoms. The summed E-state index contributed by atoms with van der Waals surface area (Å²) in [5.74, 6) is 0. The highest BCUT2D eigenvalue weighted by Crippen LogP contribution is 2.32. The predicted octanol–water partition coefficient (Wildman–Crippen LogP) is 3.24. The molecule has 0 spiro atoms. The summed E-state index contributed by atoms with van der Waals surface area (Å²) in [6, 6.07) is 7.75. The number of alkyl halides is 3. The van der Waals surface area contributed by atoms with Gasteiger partial charge in [0.05, 0.1) is 5.56 Å². The Kier molecular flexibility index (Phi) is 3.36. The van der Waals surface area contributed by atoms with Crippen molar-refractivity contribution in [3.8, 4) is 17.2 Å². The monoisotopic (exact) mass is 278 g/mol. The molecule has 0 radical (unpaired) electrons. The van der Waals surface area contributed by atoms with Crippen LogP contribution in [0.1, 0.15) is 16.8 Å². The quantitative estimate of drug-likeness (QED) is 0.870. The van der Waals surface area contributed by atoms with Gasteiger partial charge in [0.25, 0.3) is 5.56 Å². The molecule has 20 heavy (non-hydrogen) atoms. The molecule has 1 N–H and O–H groups in total. The third kappa shape index (κ3) is 2.57. The highest BCUT2D eigenvalue weighted by molar-refractivity contribution is 5.70. The molecule has 3 nitrogen and oxygen atoms in total. The number of aromatic nitrogens is 1. The number of hydrogen-bond acceptors (Lipinski definition) is 2. The molecule has 0 aliphatic rings. The van der Waals surface area contributed by atoms with E-state index in [0.717, 1.165) is 12.1 Å². The number of aryl methyl sites for hydroxylation is 1. The van der Waals surface area contributed by atoms with Gasteiger partial charge in [-0.2, -0.15) is 18.4 Å². The second-order valence-electron chi connectivity index (χ2n) is 4.26. The fourth-order valence-corrected chi connectivity index (χ4v) is 1.89. The topological polar surface area (TPSA) is 56.6 Å². The molecule has 2 aromatic rings. The van der Waals surface area contributed by atoms with Gasteiger partial charge < -0.3 is 4.98 Å². The molecule has 0 saturated carbocycles. The Labute approximate surface area is 112 Å². The number of aromatic amines is 1. The molecular formula is C14H9F3N2O. The summed E-state index contributed by atoms with van der Waals surface area (Å²) in [6.45, 7) is 1.60. The first-order valence-corrected chi connectivity index (χ1v) is 5.64. The van der Waals surface area contributed by atoms with E-state index in [-0.39, 0.29) is 16.7 Å². The molecular weight excluding hydrogens is 269 g/mol. The lowest BCUT2D eigenvalue weighted by Gasteiger charge is -2.10. The Morgan fingerprint density at radius 1 is 1.25 bits per heavy atom. The Morgan fingerprint density at radius 2 is 1.95 bits per heavy atom. The Balaban J connectivity index is 2.70. The zero-order valence-electron chi connectivity index (χ0n) is 10.4. The molecule has 0 amide bonds. The number of H-pyrrole nitrogens is 1. The SMILES string of the molecule is Cc1cc(-c2cccc(C(F)(F)F)c2)c(C#N)c(=O)[nH]1. The number of nitrogens with one attached hydrogen (secondary N) is 1. The number of benzene rings is 1. The summed E-state index contributed by atoms with van der Waals surface area (Å²) >= 11 is 0. The number of nitriles is 1. The van der Waals surface area contributed by atoms with Crippen molar-refractivity contribution in [2.24, 2.45) is 0 Å². The summed E-state index contributed by atoms with van der Waals surface area (Å²) in [5, 5.41) is 8.99. The van der Waals surface area contributed by atoms with E-state index in [1.54, 1.807) is 13.0 Å². The highest BCUT2D eigenvalue weighted by atomic mass is 19.4. The van der Waals surface area contributed by atoms with E-state index < -0.39 is 17.3 Å². The number of nitrogens with zero attached hydrogens (tertiary/aromatic N) is 1. The lowest BCUT2D eigenvalue weighted by Crippen LogP contribution is -2.13. The van der Waals surface area contributed by atoms with Gasteiger partial charge >= 0.3 is 6.18 Å². The summed E-state index contributed by atoms with van der Waals surface area (Å²) in [5.41, 5.74) is -0.779. The lowest BCUT2D eigenvalue weighted by molar-refractivity contribution is -0.137. The fourth-order valence-electron chi connectivity index (χ4n) is 1.89. The summed E-state index contributed by atoms with van der Waals surface area (Å²) < 4.78 is 38.1. The molecule has 0 bridgehead atoms. The minimum Gasteiger partial charge on any atom is -0.325 e. The van der Waals surface area contributed by atoms with Gasteiger partial charge in [0.15, 0.2) is 0 Å². The van der Waals surface area contributed by atoms with Crippen molar-refractivity contribution in [3.63, 3.8) is 0 Å². The second kappa shape index (κ2) is 4.85. The van der Waals surface area contributed by atoms with Gasteiger partial charge in [-0.05, 0) is 30.7 Å². The highest BCUT2D eigenvalue weighted by Gasteiger charge is 2.30. The largest absolute Gasteiger partial charge is 0.416 e. The Hall–Kier alpha value is -2.55. The molecule has 0 atom stereocenters. The van der Waals surface area contributed by atoms with Crippen LogP contribution in [0.4, 0.5) is 13.2 Å². The minimum atomic E-state index is -4.47. The zero-order valence-corrected chi connectivity index (χ0v) is 10.4. The third-order valence-electron chi connectivity index (χ3n) is 2.78. The van der Waals surface area contributed by atoms with E-state index in [9.17, 15) is 18.0 Å². The van der Waals surface area contributed by atoms with Crippen LogP contribution in [0.3, 0.4) is 0 Å². The first-order chi connectivity index (χ1) is 9.32. The summed E-state index contributed by atoms with van der Waals surface area (Å²) in [7, 11) is 0. The average Bonchev–Trinajstić information content (AvgIpc) is 2.37. The number of rotatable bonds is 1. The Bertz CT molecular complexity index is 754. The maximum Gasteiger partial charge on any atom is 0.416 e. The van der Waals surface area contributed by atoms with Crippen molar-refractivity contribution in [2.45, 2.75) is 13.1 Å². The molecule has 0 saturated heterocycles. The van der Waals surface area contributed by atoms with E-state index in [2.05, 4.69) is 4.98 Å². The molecule has 0 fully saturated rings. The maximum absolute atomic E-state index is 12.7. The van der Waals surface area contributed by atoms with Crippen molar-refractivity contribution in [1.29, 1.82) is 5.26 Å². The van der Waals surface area contributed by atoms with Gasteiger partial charge in [-0.25, -0.2) is 0 Å². The first kappa shape index (κ1) is 13.9. The standard InChI is InChI=1S/C14H9F3N2O/c1-8-5-11(12(7-18)13(20)19-8)9-3-2-4-10(6-9)14(15,16)17/h2-6H,1H3,(H,19,20). The average molecular weight is 278 g/mol. The fraction of sp³-hybridized carbons (Fsp3) is 0.143. The van der Waals surface area contributed by atoms with Crippen molar-refractivity contribution < 1.29 is 13.2 Å². The van der Waals surface area contributed by atoms with E-state index in [4.69, 9.17) is 5.26 Å². The predicted molar refractivity (Wildman–Crippen MR) is 67.0 cm³/mol. The van der Waals surface area contributed by atoms with Crippen molar-refractivity contribution in [3.05, 3.63) is 57.5 Å². The molecule has 0 unspecified atom stereocenters. The first-order valence-electron chi connectivity index (χ1n) is 5.64. The third-order valence-corrected chi connectivity index (χ3v) is 2.78. The smallest absolute Gasteiger partial charge is 0.325 e. The number of halogens is 3. The van der Waals surface area contributed by atoms with Crippen molar-refractivity contribution in [1.82, 2.24) is 4.98 Å². The van der Waals surface area contributed by atoms with Gasteiger partial charge in [0.2, 0.25) is 0 Å². The van der Waals surface area contributed by atoms with Gasteiger partial charge in [0.1, 0.15) is 11.6 Å². The van der Waals surface area contributed by atoms with Crippen LogP contribution >= 0.6 is 0 Å². The van der Waals surface area contributed by atoms with Crippen LogP contribution in [-0.4, -0.2) is 4.98 Å². The van der Waals surface area contributed by atoms with Gasteiger partial charge in [-0.1, -0.05) is 12.1 Å². The normalized spacial score (nSPS) is 11.2. The van der Waals surface area contributed by atoms with Crippen LogP contribution in [0.2, 0.25) is 0 Å². The van der Waals surface area contributed by atoms with Gasteiger partial charge in [-0.3, -0.25) is 4.79 Å². The maximum atomic E-state index is 12.7. The number of pyridine rings is 1. The summed E-state index contributed by atoms with van der Waals surface area (Å²) in [6.07, 6.45) is -4.47.